The van der Waals surface area contributed by atoms with E-state index in [-0.39, 0.29) is 36.0 Å². The van der Waals surface area contributed by atoms with Crippen LogP contribution in [0.4, 0.5) is 10.5 Å². The summed E-state index contributed by atoms with van der Waals surface area (Å²) in [5.74, 6) is -1.15. The molecule has 15 nitrogen and oxygen atoms in total. The lowest BCUT2D eigenvalue weighted by atomic mass is 9.92. The molecule has 2 aromatic rings. The van der Waals surface area contributed by atoms with Crippen molar-refractivity contribution in [3.63, 3.8) is 0 Å². The first-order valence-corrected chi connectivity index (χ1v) is 17.2. The average molecular weight is 656 g/mol. The minimum absolute atomic E-state index is 0.0163. The molecule has 3 heterocycles. The Morgan fingerprint density at radius 3 is 2.23 bits per heavy atom. The molecule has 1 saturated carbocycles. The Labute approximate surface area is 252 Å². The predicted octanol–water partition coefficient (Wildman–Crippen LogP) is 3.14. The maximum absolute atomic E-state index is 13.4. The van der Waals surface area contributed by atoms with Gasteiger partial charge in [0.2, 0.25) is 5.43 Å². The third-order valence-corrected chi connectivity index (χ3v) is 12.7. The van der Waals surface area contributed by atoms with Crippen LogP contribution in [0.15, 0.2) is 23.6 Å². The molecule has 44 heavy (non-hydrogen) atoms. The zero-order valence-electron chi connectivity index (χ0n) is 24.4. The first-order valence-electron chi connectivity index (χ1n) is 14.0. The summed E-state index contributed by atoms with van der Waals surface area (Å²) >= 11 is 0. The minimum Gasteiger partial charge on any atom is -0.492 e. The smallest absolute Gasteiger partial charge is 0.411 e. The highest BCUT2D eigenvalue weighted by Crippen LogP contribution is 2.69. The fourth-order valence-electron chi connectivity index (χ4n) is 6.20. The van der Waals surface area contributed by atoms with Crippen molar-refractivity contribution in [2.24, 2.45) is 5.92 Å². The van der Waals surface area contributed by atoms with Crippen molar-refractivity contribution in [1.82, 2.24) is 9.47 Å². The Morgan fingerprint density at radius 2 is 1.70 bits per heavy atom. The highest BCUT2D eigenvalue weighted by atomic mass is 31.2. The highest BCUT2D eigenvalue weighted by Gasteiger charge is 2.61. The van der Waals surface area contributed by atoms with Gasteiger partial charge in [-0.3, -0.25) is 13.9 Å². The molecule has 3 fully saturated rings. The fourth-order valence-corrected chi connectivity index (χ4v) is 7.95. The maximum atomic E-state index is 13.4. The summed E-state index contributed by atoms with van der Waals surface area (Å²) in [4.78, 5) is 80.6. The lowest BCUT2D eigenvalue weighted by Gasteiger charge is -2.39. The fraction of sp³-hybridized carbons (Fsp3) is 0.519. The quantitative estimate of drug-likeness (QED) is 0.259. The number of nitrogens with zero attached hydrogens (tertiary/aromatic N) is 3. The number of pyridine rings is 1. The van der Waals surface area contributed by atoms with Crippen molar-refractivity contribution in [3.8, 4) is 5.75 Å². The van der Waals surface area contributed by atoms with E-state index in [1.807, 2.05) is 4.90 Å². The number of allylic oxidation sites excluding steroid dienone is 1. The van der Waals surface area contributed by atoms with Gasteiger partial charge in [0.25, 0.3) is 0 Å². The van der Waals surface area contributed by atoms with E-state index in [2.05, 4.69) is 6.58 Å². The zero-order chi connectivity index (χ0) is 32.5. The summed E-state index contributed by atoms with van der Waals surface area (Å²) in [7, 11) is -9.77. The molecule has 0 radical (unpaired) electrons. The van der Waals surface area contributed by atoms with Crippen molar-refractivity contribution in [1.29, 1.82) is 0 Å². The molecule has 240 valence electrons. The minimum atomic E-state index is -5.61. The molecule has 17 heteroatoms. The van der Waals surface area contributed by atoms with E-state index < -0.39 is 43.8 Å². The number of aromatic nitrogens is 1. The van der Waals surface area contributed by atoms with Crippen LogP contribution in [0, 0.1) is 5.92 Å². The number of benzene rings is 1. The summed E-state index contributed by atoms with van der Waals surface area (Å²) in [5, 5.41) is 6.54. The first kappa shape index (κ1) is 32.2. The third kappa shape index (κ3) is 5.25. The van der Waals surface area contributed by atoms with Gasteiger partial charge in [0.15, 0.2) is 5.75 Å². The standard InChI is InChI=1S/C27H35N3O12P2/c1-14(2)17-10-18-22(30(16-7-8-16)12-19(23(18)31)25(32)33)24(41-4)21(17)28-11-15-6-5-9-29(20(15)13-28)26(34)42-27(3,43(35,36)37)44(38,39)40/h10,12,15-16,20H,1,5-9,11,13H2,2-4H3,(H,32,33)(H2,35,36,37)(H2,38,39,40)/t15?,20-/m0/s1. The number of ether oxygens (including phenoxy) is 2. The number of carbonyl (C=O) groups is 2. The van der Waals surface area contributed by atoms with Crippen LogP contribution < -0.4 is 15.1 Å². The van der Waals surface area contributed by atoms with Gasteiger partial charge in [-0.25, -0.2) is 9.59 Å². The lowest BCUT2D eigenvalue weighted by molar-refractivity contribution is 0.0344. The van der Waals surface area contributed by atoms with Gasteiger partial charge in [0.05, 0.1) is 29.7 Å². The largest absolute Gasteiger partial charge is 0.492 e. The number of carboxylic acids is 1. The lowest BCUT2D eigenvalue weighted by Crippen LogP contribution is -2.50. The van der Waals surface area contributed by atoms with Gasteiger partial charge in [-0.1, -0.05) is 6.58 Å². The summed E-state index contributed by atoms with van der Waals surface area (Å²) in [6, 6.07) is 1.05. The maximum Gasteiger partial charge on any atom is 0.411 e. The molecule has 2 atom stereocenters. The van der Waals surface area contributed by atoms with Crippen LogP contribution in [-0.4, -0.2) is 84.1 Å². The van der Waals surface area contributed by atoms with Gasteiger partial charge in [0, 0.05) is 37.4 Å². The second kappa shape index (κ2) is 11.0. The topological polar surface area (TPSA) is 216 Å². The number of fused-ring (bicyclic) bond motifs is 2. The number of methoxy groups -OCH3 is 1. The number of carbonyl (C=O) groups excluding carboxylic acids is 1. The molecule has 1 aliphatic carbocycles. The summed E-state index contributed by atoms with van der Waals surface area (Å²) in [6.07, 6.45) is 2.87. The number of rotatable bonds is 8. The van der Waals surface area contributed by atoms with E-state index in [1.54, 1.807) is 17.6 Å². The van der Waals surface area contributed by atoms with Crippen LogP contribution in [-0.2, 0) is 13.9 Å². The molecular formula is C27H35N3O12P2. The SMILES string of the molecule is C=C(C)c1cc2c(=O)c(C(=O)O)cn(C3CC3)c2c(OC)c1N1CC2CCCN(C(=O)OC(C)(P(=O)(O)O)P(=O)(O)O)[C@H]2C1. The van der Waals surface area contributed by atoms with Crippen LogP contribution in [0.5, 0.6) is 5.75 Å². The highest BCUT2D eigenvalue weighted by molar-refractivity contribution is 7.72. The second-order valence-corrected chi connectivity index (χ2v) is 16.0. The normalized spacial score (nSPS) is 20.9. The Kier molecular flexibility index (Phi) is 8.06. The molecule has 1 amide bonds. The number of likely N-dealkylation sites (tertiary alicyclic amines) is 1. The van der Waals surface area contributed by atoms with E-state index in [4.69, 9.17) is 9.47 Å². The third-order valence-electron chi connectivity index (χ3n) is 8.77. The molecule has 1 aromatic heterocycles. The van der Waals surface area contributed by atoms with Crippen LogP contribution in [0.25, 0.3) is 16.5 Å². The van der Waals surface area contributed by atoms with Gasteiger partial charge in [-0.2, -0.15) is 0 Å². The summed E-state index contributed by atoms with van der Waals surface area (Å²) in [6.45, 7) is 7.07. The molecule has 2 aliphatic heterocycles. The molecule has 0 spiro atoms. The Bertz CT molecular complexity index is 1700. The first-order chi connectivity index (χ1) is 20.4. The summed E-state index contributed by atoms with van der Waals surface area (Å²) in [5.41, 5.74) is 1.13. The molecule has 1 aromatic carbocycles. The van der Waals surface area contributed by atoms with Crippen molar-refractivity contribution < 1.29 is 52.9 Å². The molecule has 0 bridgehead atoms. The van der Waals surface area contributed by atoms with Gasteiger partial charge in [-0.15, -0.1) is 0 Å². The molecule has 3 aliphatic rings. The van der Waals surface area contributed by atoms with Crippen molar-refractivity contribution in [3.05, 3.63) is 40.2 Å². The Balaban J connectivity index is 1.59. The number of carboxylic acid groups (broad SMARTS) is 1. The van der Waals surface area contributed by atoms with E-state index >= 15 is 0 Å². The van der Waals surface area contributed by atoms with E-state index in [9.17, 15) is 48.2 Å². The number of anilines is 1. The molecule has 5 N–H and O–H groups in total. The van der Waals surface area contributed by atoms with E-state index in [0.717, 1.165) is 12.8 Å². The molecule has 5 rings (SSSR count). The number of amides is 1. The van der Waals surface area contributed by atoms with Crippen molar-refractivity contribution >= 4 is 49.4 Å². The number of piperidine rings is 1. The molecule has 2 saturated heterocycles. The van der Waals surface area contributed by atoms with Crippen LogP contribution >= 0.6 is 15.2 Å². The van der Waals surface area contributed by atoms with Crippen molar-refractivity contribution in [2.75, 3.05) is 31.6 Å². The second-order valence-electron chi connectivity index (χ2n) is 11.8. The van der Waals surface area contributed by atoms with Crippen LogP contribution in [0.3, 0.4) is 0 Å². The van der Waals surface area contributed by atoms with Gasteiger partial charge in [0.1, 0.15) is 5.56 Å². The predicted molar refractivity (Wildman–Crippen MR) is 159 cm³/mol. The van der Waals surface area contributed by atoms with Gasteiger partial charge >= 0.3 is 32.3 Å². The van der Waals surface area contributed by atoms with Crippen molar-refractivity contribution in [2.45, 2.75) is 56.7 Å². The zero-order valence-corrected chi connectivity index (χ0v) is 26.2. The average Bonchev–Trinajstić information content (AvgIpc) is 3.67. The van der Waals surface area contributed by atoms with Crippen LogP contribution in [0.1, 0.15) is 61.5 Å². The Morgan fingerprint density at radius 1 is 1.07 bits per heavy atom. The number of aromatic carboxylic acids is 1. The molecular weight excluding hydrogens is 620 g/mol. The van der Waals surface area contributed by atoms with E-state index in [0.29, 0.717) is 54.4 Å². The number of hydrogen-bond donors (Lipinski definition) is 5. The summed E-state index contributed by atoms with van der Waals surface area (Å²) < 4.78 is 36.7. The van der Waals surface area contributed by atoms with Gasteiger partial charge < -0.3 is 48.5 Å². The molecule has 1 unspecified atom stereocenters. The van der Waals surface area contributed by atoms with E-state index in [1.165, 1.54) is 18.2 Å². The Hall–Kier alpha value is -3.19. The van der Waals surface area contributed by atoms with Gasteiger partial charge in [-0.05, 0) is 57.1 Å². The monoisotopic (exact) mass is 655 g/mol. The van der Waals surface area contributed by atoms with Crippen LogP contribution in [0.2, 0.25) is 0 Å². The number of hydrogen-bond acceptors (Lipinski definition) is 8.